The molecule has 2 aliphatic rings. The minimum absolute atomic E-state index is 0.151. The highest BCUT2D eigenvalue weighted by Crippen LogP contribution is 2.38. The predicted octanol–water partition coefficient (Wildman–Crippen LogP) is 3.65. The van der Waals surface area contributed by atoms with Crippen molar-refractivity contribution in [3.63, 3.8) is 0 Å². The molecule has 0 aromatic heterocycles. The Labute approximate surface area is 116 Å². The van der Waals surface area contributed by atoms with Gasteiger partial charge in [0, 0.05) is 18.3 Å². The minimum Gasteiger partial charge on any atom is -0.392 e. The standard InChI is InChI=1S/C17H25NO/c1-13-11-16(9-8-15(13)12-19)18-10-4-6-14-5-2-3-7-17(14)18/h8-9,11,14,17,19H,2-7,10,12H2,1H3/t14-,17-/m1/s1. The van der Waals surface area contributed by atoms with E-state index in [4.69, 9.17) is 0 Å². The van der Waals surface area contributed by atoms with Crippen LogP contribution in [0.5, 0.6) is 0 Å². The van der Waals surface area contributed by atoms with Crippen molar-refractivity contribution in [1.29, 1.82) is 0 Å². The minimum atomic E-state index is 0.151. The molecule has 1 N–H and O–H groups in total. The topological polar surface area (TPSA) is 23.5 Å². The molecular weight excluding hydrogens is 234 g/mol. The van der Waals surface area contributed by atoms with Gasteiger partial charge in [0.15, 0.2) is 0 Å². The summed E-state index contributed by atoms with van der Waals surface area (Å²) in [4.78, 5) is 2.64. The van der Waals surface area contributed by atoms with Crippen LogP contribution in [0, 0.1) is 12.8 Å². The summed E-state index contributed by atoms with van der Waals surface area (Å²) in [5.41, 5.74) is 3.64. The van der Waals surface area contributed by atoms with Crippen LogP contribution in [0.3, 0.4) is 0 Å². The van der Waals surface area contributed by atoms with E-state index in [0.717, 1.165) is 17.5 Å². The molecule has 0 bridgehead atoms. The maximum absolute atomic E-state index is 9.29. The number of nitrogens with zero attached hydrogens (tertiary/aromatic N) is 1. The molecule has 0 spiro atoms. The van der Waals surface area contributed by atoms with Crippen molar-refractivity contribution in [2.45, 2.75) is 58.1 Å². The van der Waals surface area contributed by atoms with Gasteiger partial charge in [0.05, 0.1) is 6.61 Å². The molecule has 2 fully saturated rings. The molecule has 1 aromatic carbocycles. The third-order valence-corrected chi connectivity index (χ3v) is 5.07. The molecule has 19 heavy (non-hydrogen) atoms. The van der Waals surface area contributed by atoms with E-state index in [1.807, 2.05) is 0 Å². The zero-order valence-corrected chi connectivity index (χ0v) is 11.9. The Balaban J connectivity index is 1.85. The molecule has 0 amide bonds. The Kier molecular flexibility index (Phi) is 3.79. The number of hydrogen-bond acceptors (Lipinski definition) is 2. The highest BCUT2D eigenvalue weighted by molar-refractivity contribution is 5.52. The van der Waals surface area contributed by atoms with Crippen molar-refractivity contribution < 1.29 is 5.11 Å². The summed E-state index contributed by atoms with van der Waals surface area (Å²) in [5, 5.41) is 9.29. The van der Waals surface area contributed by atoms with Gasteiger partial charge in [0.1, 0.15) is 0 Å². The van der Waals surface area contributed by atoms with Crippen LogP contribution in [-0.4, -0.2) is 17.7 Å². The third kappa shape index (κ3) is 2.51. The molecule has 2 nitrogen and oxygen atoms in total. The lowest BCUT2D eigenvalue weighted by Crippen LogP contribution is -2.46. The van der Waals surface area contributed by atoms with Gasteiger partial charge in [-0.2, -0.15) is 0 Å². The average Bonchev–Trinajstić information content (AvgIpc) is 2.46. The molecule has 0 radical (unpaired) electrons. The number of aliphatic hydroxyl groups excluding tert-OH is 1. The van der Waals surface area contributed by atoms with Crippen LogP contribution in [0.4, 0.5) is 5.69 Å². The number of benzene rings is 1. The molecule has 1 saturated heterocycles. The number of hydrogen-bond donors (Lipinski definition) is 1. The predicted molar refractivity (Wildman–Crippen MR) is 79.4 cm³/mol. The largest absolute Gasteiger partial charge is 0.392 e. The third-order valence-electron chi connectivity index (χ3n) is 5.07. The van der Waals surface area contributed by atoms with Gasteiger partial charge in [-0.25, -0.2) is 0 Å². The van der Waals surface area contributed by atoms with Gasteiger partial charge in [0.2, 0.25) is 0 Å². The van der Waals surface area contributed by atoms with Gasteiger partial charge >= 0.3 is 0 Å². The summed E-state index contributed by atoms with van der Waals surface area (Å²) >= 11 is 0. The number of aryl methyl sites for hydroxylation is 1. The first kappa shape index (κ1) is 13.0. The lowest BCUT2D eigenvalue weighted by atomic mass is 9.78. The molecular formula is C17H25NO. The van der Waals surface area contributed by atoms with Gasteiger partial charge in [0.25, 0.3) is 0 Å². The summed E-state index contributed by atoms with van der Waals surface area (Å²) < 4.78 is 0. The van der Waals surface area contributed by atoms with E-state index in [2.05, 4.69) is 30.0 Å². The average molecular weight is 259 g/mol. The fourth-order valence-corrected chi connectivity index (χ4v) is 3.98. The number of aliphatic hydroxyl groups is 1. The van der Waals surface area contributed by atoms with E-state index in [9.17, 15) is 5.11 Å². The Morgan fingerprint density at radius 2 is 1.95 bits per heavy atom. The van der Waals surface area contributed by atoms with Crippen molar-refractivity contribution in [2.24, 2.45) is 5.92 Å². The number of fused-ring (bicyclic) bond motifs is 1. The van der Waals surface area contributed by atoms with Crippen molar-refractivity contribution >= 4 is 5.69 Å². The second kappa shape index (κ2) is 5.54. The van der Waals surface area contributed by atoms with Gasteiger partial charge in [-0.15, -0.1) is 0 Å². The monoisotopic (exact) mass is 259 g/mol. The maximum Gasteiger partial charge on any atom is 0.0684 e. The summed E-state index contributed by atoms with van der Waals surface area (Å²) in [6.07, 6.45) is 8.38. The highest BCUT2D eigenvalue weighted by atomic mass is 16.3. The van der Waals surface area contributed by atoms with Gasteiger partial charge in [-0.05, 0) is 61.8 Å². The van der Waals surface area contributed by atoms with Crippen LogP contribution in [0.15, 0.2) is 18.2 Å². The van der Waals surface area contributed by atoms with Crippen molar-refractivity contribution in [3.05, 3.63) is 29.3 Å². The maximum atomic E-state index is 9.29. The smallest absolute Gasteiger partial charge is 0.0684 e. The number of rotatable bonds is 2. The lowest BCUT2D eigenvalue weighted by molar-refractivity contribution is 0.243. The molecule has 1 aliphatic heterocycles. The second-order valence-electron chi connectivity index (χ2n) is 6.22. The first-order valence-corrected chi connectivity index (χ1v) is 7.76. The van der Waals surface area contributed by atoms with Crippen LogP contribution in [0.2, 0.25) is 0 Å². The van der Waals surface area contributed by atoms with E-state index < -0.39 is 0 Å². The van der Waals surface area contributed by atoms with E-state index >= 15 is 0 Å². The van der Waals surface area contributed by atoms with Crippen molar-refractivity contribution in [3.8, 4) is 0 Å². The van der Waals surface area contributed by atoms with Crippen molar-refractivity contribution in [1.82, 2.24) is 0 Å². The Hall–Kier alpha value is -1.02. The highest BCUT2D eigenvalue weighted by Gasteiger charge is 2.33. The van der Waals surface area contributed by atoms with E-state index in [-0.39, 0.29) is 6.61 Å². The first-order valence-electron chi connectivity index (χ1n) is 7.76. The lowest BCUT2D eigenvalue weighted by Gasteiger charge is -2.45. The first-order chi connectivity index (χ1) is 9.29. The van der Waals surface area contributed by atoms with Crippen molar-refractivity contribution in [2.75, 3.05) is 11.4 Å². The van der Waals surface area contributed by atoms with Crippen LogP contribution in [-0.2, 0) is 6.61 Å². The van der Waals surface area contributed by atoms with E-state index in [0.29, 0.717) is 0 Å². The van der Waals surface area contributed by atoms with Gasteiger partial charge < -0.3 is 10.0 Å². The quantitative estimate of drug-likeness (QED) is 0.876. The number of anilines is 1. The van der Waals surface area contributed by atoms with E-state index in [1.165, 1.54) is 56.3 Å². The molecule has 3 rings (SSSR count). The molecule has 1 aromatic rings. The molecule has 1 aliphatic carbocycles. The fraction of sp³-hybridized carbons (Fsp3) is 0.647. The zero-order chi connectivity index (χ0) is 13.2. The molecule has 2 atom stereocenters. The molecule has 1 heterocycles. The summed E-state index contributed by atoms with van der Waals surface area (Å²) in [7, 11) is 0. The van der Waals surface area contributed by atoms with Crippen LogP contribution in [0.25, 0.3) is 0 Å². The van der Waals surface area contributed by atoms with Crippen LogP contribution in [0.1, 0.15) is 49.7 Å². The normalized spacial score (nSPS) is 27.2. The molecule has 2 heteroatoms. The summed E-state index contributed by atoms with van der Waals surface area (Å²) in [6, 6.07) is 7.33. The Morgan fingerprint density at radius 1 is 1.16 bits per heavy atom. The van der Waals surface area contributed by atoms with Gasteiger partial charge in [-0.1, -0.05) is 18.9 Å². The SMILES string of the molecule is Cc1cc(N2CCC[C@H]3CCCC[C@H]32)ccc1CO. The number of piperidine rings is 1. The summed E-state index contributed by atoms with van der Waals surface area (Å²) in [5.74, 6) is 0.917. The zero-order valence-electron chi connectivity index (χ0n) is 11.9. The fourth-order valence-electron chi connectivity index (χ4n) is 3.98. The van der Waals surface area contributed by atoms with Crippen LogP contribution < -0.4 is 4.90 Å². The van der Waals surface area contributed by atoms with E-state index in [1.54, 1.807) is 0 Å². The molecule has 0 unspecified atom stereocenters. The Bertz CT molecular complexity index is 441. The van der Waals surface area contributed by atoms with Gasteiger partial charge in [-0.3, -0.25) is 0 Å². The summed E-state index contributed by atoms with van der Waals surface area (Å²) in [6.45, 7) is 3.47. The van der Waals surface area contributed by atoms with Crippen LogP contribution >= 0.6 is 0 Å². The molecule has 104 valence electrons. The molecule has 1 saturated carbocycles. The Morgan fingerprint density at radius 3 is 2.74 bits per heavy atom. The second-order valence-corrected chi connectivity index (χ2v) is 6.22.